The van der Waals surface area contributed by atoms with Gasteiger partial charge in [-0.3, -0.25) is 0 Å². The fourth-order valence-corrected chi connectivity index (χ4v) is 6.12. The van der Waals surface area contributed by atoms with E-state index in [0.29, 0.717) is 5.56 Å². The number of benzene rings is 5. The summed E-state index contributed by atoms with van der Waals surface area (Å²) in [6.45, 7) is 0. The van der Waals surface area contributed by atoms with E-state index in [9.17, 15) is 0 Å². The Hall–Kier alpha value is -4.58. The molecule has 0 fully saturated rings. The SMILES string of the molecule is [2H]c1cc2c(oc3c([2H])cc([2H])c(-c4nc(-c5c([2H])c([2H])c([2H])c([2H])c5[2H])nc(-c5cccc6sc7ccccc7c56)n4)c32)c(Cl)c1[2H]. The van der Waals surface area contributed by atoms with E-state index in [1.54, 1.807) is 11.3 Å². The predicted molar refractivity (Wildman–Crippen MR) is 161 cm³/mol. The second-order valence-corrected chi connectivity index (χ2v) is 10.1. The Morgan fingerprint density at radius 2 is 1.44 bits per heavy atom. The summed E-state index contributed by atoms with van der Waals surface area (Å²) in [5, 5.41) is 2.15. The van der Waals surface area contributed by atoms with E-state index < -0.39 is 30.2 Å². The molecular weight excluding hydrogens is 522 g/mol. The molecule has 0 saturated carbocycles. The minimum atomic E-state index is -0.569. The first kappa shape index (κ1) is 15.1. The van der Waals surface area contributed by atoms with Gasteiger partial charge in [0.15, 0.2) is 23.1 Å². The third-order valence-electron chi connectivity index (χ3n) is 6.44. The van der Waals surface area contributed by atoms with E-state index in [-0.39, 0.29) is 79.7 Å². The number of rotatable bonds is 3. The standard InChI is InChI=1S/C33H18ClN3OS/c34-24-15-6-12-21-28-22(13-7-16-25(28)38-30(21)24)32-35-31(19-9-2-1-3-10-19)36-33(37-32)23-14-8-18-27-29(23)20-11-4-5-17-26(20)39-27/h1-18H/i1D,2D,3D,6D,9D,10D,13D,15D,16D. The van der Waals surface area contributed by atoms with Crippen LogP contribution < -0.4 is 0 Å². The lowest BCUT2D eigenvalue weighted by Gasteiger charge is -2.10. The molecule has 0 saturated heterocycles. The van der Waals surface area contributed by atoms with E-state index in [4.69, 9.17) is 38.3 Å². The lowest BCUT2D eigenvalue weighted by Crippen LogP contribution is -2.00. The van der Waals surface area contributed by atoms with Crippen LogP contribution in [0.3, 0.4) is 0 Å². The quantitative estimate of drug-likeness (QED) is 0.220. The zero-order valence-corrected chi connectivity index (χ0v) is 21.3. The molecule has 4 nitrogen and oxygen atoms in total. The van der Waals surface area contributed by atoms with E-state index in [0.717, 1.165) is 20.2 Å². The van der Waals surface area contributed by atoms with Gasteiger partial charge >= 0.3 is 0 Å². The number of nitrogens with zero attached hydrogens (tertiary/aromatic N) is 3. The van der Waals surface area contributed by atoms with Gasteiger partial charge in [0.05, 0.1) is 17.4 Å². The summed E-state index contributed by atoms with van der Waals surface area (Å²) in [6.07, 6.45) is 0. The number of aromatic nitrogens is 3. The van der Waals surface area contributed by atoms with Crippen molar-refractivity contribution in [3.8, 4) is 34.2 Å². The third-order valence-corrected chi connectivity index (χ3v) is 7.84. The highest BCUT2D eigenvalue weighted by Gasteiger charge is 2.20. The van der Waals surface area contributed by atoms with Crippen molar-refractivity contribution in [2.45, 2.75) is 0 Å². The zero-order valence-electron chi connectivity index (χ0n) is 28.7. The van der Waals surface area contributed by atoms with E-state index >= 15 is 0 Å². The van der Waals surface area contributed by atoms with Gasteiger partial charge < -0.3 is 4.42 Å². The maximum absolute atomic E-state index is 9.00. The van der Waals surface area contributed by atoms with Gasteiger partial charge in [0.1, 0.15) is 5.58 Å². The van der Waals surface area contributed by atoms with Gasteiger partial charge in [0.2, 0.25) is 0 Å². The summed E-state index contributed by atoms with van der Waals surface area (Å²) in [5.74, 6) is -0.181. The van der Waals surface area contributed by atoms with Gasteiger partial charge in [-0.2, -0.15) is 0 Å². The molecule has 0 unspecified atom stereocenters. The molecule has 0 N–H and O–H groups in total. The topological polar surface area (TPSA) is 51.8 Å². The molecule has 8 rings (SSSR count). The highest BCUT2D eigenvalue weighted by molar-refractivity contribution is 7.25. The number of para-hydroxylation sites is 1. The van der Waals surface area contributed by atoms with Crippen LogP contribution in [-0.2, 0) is 0 Å². The molecule has 0 amide bonds. The van der Waals surface area contributed by atoms with Crippen molar-refractivity contribution in [1.29, 1.82) is 0 Å². The molecule has 0 aliphatic carbocycles. The number of hydrogen-bond acceptors (Lipinski definition) is 5. The van der Waals surface area contributed by atoms with Crippen molar-refractivity contribution < 1.29 is 16.8 Å². The highest BCUT2D eigenvalue weighted by atomic mass is 35.5. The molecule has 0 bridgehead atoms. The monoisotopic (exact) mass is 548 g/mol. The summed E-state index contributed by atoms with van der Waals surface area (Å²) in [5.41, 5.74) is 0.519. The normalized spacial score (nSPS) is 14.9. The van der Waals surface area contributed by atoms with Gasteiger partial charge in [-0.15, -0.1) is 11.3 Å². The Kier molecular flexibility index (Phi) is 3.39. The van der Waals surface area contributed by atoms with Crippen molar-refractivity contribution in [1.82, 2.24) is 15.0 Å². The Morgan fingerprint density at radius 3 is 2.33 bits per heavy atom. The van der Waals surface area contributed by atoms with Crippen molar-refractivity contribution >= 4 is 65.0 Å². The van der Waals surface area contributed by atoms with Crippen molar-refractivity contribution in [2.24, 2.45) is 0 Å². The summed E-state index contributed by atoms with van der Waals surface area (Å²) in [4.78, 5) is 14.2. The van der Waals surface area contributed by atoms with Gasteiger partial charge in [-0.1, -0.05) is 96.4 Å². The Balaban J connectivity index is 1.54. The van der Waals surface area contributed by atoms with Crippen LogP contribution >= 0.6 is 22.9 Å². The fraction of sp³-hybridized carbons (Fsp3) is 0. The molecule has 3 heterocycles. The first-order valence-electron chi connectivity index (χ1n) is 16.3. The van der Waals surface area contributed by atoms with Crippen LogP contribution in [0.4, 0.5) is 0 Å². The molecule has 0 aliphatic heterocycles. The molecule has 8 aromatic rings. The molecule has 184 valence electrons. The number of fused-ring (bicyclic) bond motifs is 6. The van der Waals surface area contributed by atoms with Crippen LogP contribution in [0.2, 0.25) is 5.02 Å². The average molecular weight is 549 g/mol. The van der Waals surface area contributed by atoms with Crippen molar-refractivity contribution in [3.63, 3.8) is 0 Å². The molecule has 39 heavy (non-hydrogen) atoms. The lowest BCUT2D eigenvalue weighted by molar-refractivity contribution is 0.669. The van der Waals surface area contributed by atoms with Gasteiger partial charge in [-0.05, 0) is 24.2 Å². The van der Waals surface area contributed by atoms with Crippen LogP contribution in [-0.4, -0.2) is 15.0 Å². The molecule has 0 radical (unpaired) electrons. The molecule has 0 spiro atoms. The highest BCUT2D eigenvalue weighted by Crippen LogP contribution is 2.41. The average Bonchev–Trinajstić information content (AvgIpc) is 3.65. The zero-order chi connectivity index (χ0) is 33.8. The number of halogens is 1. The van der Waals surface area contributed by atoms with Gasteiger partial charge in [0.25, 0.3) is 0 Å². The Morgan fingerprint density at radius 1 is 0.641 bits per heavy atom. The third kappa shape index (κ3) is 3.55. The number of hydrogen-bond donors (Lipinski definition) is 0. The van der Waals surface area contributed by atoms with Crippen LogP contribution in [0.5, 0.6) is 0 Å². The smallest absolute Gasteiger partial charge is 0.164 e. The van der Waals surface area contributed by atoms with E-state index in [2.05, 4.69) is 4.98 Å². The van der Waals surface area contributed by atoms with Crippen molar-refractivity contribution in [2.75, 3.05) is 0 Å². The predicted octanol–water partition coefficient (Wildman–Crippen LogP) is 9.79. The van der Waals surface area contributed by atoms with Crippen molar-refractivity contribution in [3.05, 3.63) is 114 Å². The van der Waals surface area contributed by atoms with Gasteiger partial charge in [0, 0.05) is 47.6 Å². The van der Waals surface area contributed by atoms with Crippen LogP contribution in [0.25, 0.3) is 76.3 Å². The largest absolute Gasteiger partial charge is 0.454 e. The van der Waals surface area contributed by atoms with Crippen LogP contribution in [0, 0.1) is 0 Å². The molecule has 5 aromatic carbocycles. The van der Waals surface area contributed by atoms with E-state index in [1.807, 2.05) is 42.5 Å². The number of furan rings is 1. The summed E-state index contributed by atoms with van der Waals surface area (Å²) >= 11 is 8.02. The maximum Gasteiger partial charge on any atom is 0.164 e. The minimum absolute atomic E-state index is 0.0279. The summed E-state index contributed by atoms with van der Waals surface area (Å²) in [6, 6.07) is 12.6. The van der Waals surface area contributed by atoms with Gasteiger partial charge in [-0.25, -0.2) is 15.0 Å². The second-order valence-electron chi connectivity index (χ2n) is 8.67. The molecule has 0 aliphatic rings. The second kappa shape index (κ2) is 8.73. The minimum Gasteiger partial charge on any atom is -0.454 e. The maximum atomic E-state index is 9.00. The summed E-state index contributed by atoms with van der Waals surface area (Å²) in [7, 11) is 0. The first-order valence-corrected chi connectivity index (χ1v) is 13.0. The Labute approximate surface area is 244 Å². The molecule has 0 atom stereocenters. The van der Waals surface area contributed by atoms with Crippen LogP contribution in [0.15, 0.2) is 113 Å². The fourth-order valence-electron chi connectivity index (χ4n) is 4.79. The van der Waals surface area contributed by atoms with E-state index in [1.165, 1.54) is 12.1 Å². The number of thiophene rings is 1. The molecular formula is C33H18ClN3OS. The summed E-state index contributed by atoms with van der Waals surface area (Å²) < 4.78 is 84.1. The Bertz CT molecular complexity index is 2680. The first-order chi connectivity index (χ1) is 23.0. The lowest BCUT2D eigenvalue weighted by atomic mass is 10.0. The van der Waals surface area contributed by atoms with Crippen LogP contribution in [0.1, 0.15) is 12.3 Å². The molecule has 6 heteroatoms. The molecule has 3 aromatic heterocycles.